The number of aliphatic carboxylic acids is 1. The Bertz CT molecular complexity index is 423. The molecule has 17 heavy (non-hydrogen) atoms. The summed E-state index contributed by atoms with van der Waals surface area (Å²) in [5.74, 6) is -1.33. The number of rotatable bonds is 4. The van der Waals surface area contributed by atoms with Crippen LogP contribution in [0.4, 0.5) is 0 Å². The van der Waals surface area contributed by atoms with Gasteiger partial charge in [0.2, 0.25) is 5.91 Å². The second-order valence-corrected chi connectivity index (χ2v) is 4.32. The minimum Gasteiger partial charge on any atom is -0.508 e. The minimum absolute atomic E-state index is 0.0803. The van der Waals surface area contributed by atoms with Gasteiger partial charge < -0.3 is 15.5 Å². The molecular weight excluding hydrogens is 222 g/mol. The summed E-state index contributed by atoms with van der Waals surface area (Å²) in [7, 11) is 0. The lowest BCUT2D eigenvalue weighted by atomic mass is 10.1. The number of phenolic OH excluding ortho intramolecular Hbond substituents is 1. The molecule has 0 bridgehead atoms. The molecule has 1 aromatic rings. The van der Waals surface area contributed by atoms with Crippen LogP contribution in [0.3, 0.4) is 0 Å². The molecule has 0 saturated heterocycles. The number of hydrogen-bond acceptors (Lipinski definition) is 3. The first-order chi connectivity index (χ1) is 7.81. The fourth-order valence-corrected chi connectivity index (χ4v) is 1.25. The molecule has 5 heteroatoms. The van der Waals surface area contributed by atoms with Crippen LogP contribution in [0.25, 0.3) is 0 Å². The molecule has 0 unspecified atom stereocenters. The molecule has 0 aliphatic rings. The standard InChI is InChI=1S/C12H15NO4/c1-12(2,11(16)17)13-10(15)7-8-3-5-9(14)6-4-8/h3-6,14H,7H2,1-2H3,(H,13,15)(H,16,17). The summed E-state index contributed by atoms with van der Waals surface area (Å²) in [6, 6.07) is 6.18. The van der Waals surface area contributed by atoms with Crippen LogP contribution >= 0.6 is 0 Å². The third-order valence-corrected chi connectivity index (χ3v) is 2.29. The van der Waals surface area contributed by atoms with Gasteiger partial charge in [-0.1, -0.05) is 12.1 Å². The van der Waals surface area contributed by atoms with Crippen LogP contribution in [-0.4, -0.2) is 27.6 Å². The Kier molecular flexibility index (Phi) is 3.73. The first-order valence-electron chi connectivity index (χ1n) is 5.13. The number of hydrogen-bond donors (Lipinski definition) is 3. The Morgan fingerprint density at radius 1 is 1.24 bits per heavy atom. The van der Waals surface area contributed by atoms with Gasteiger partial charge in [-0.2, -0.15) is 0 Å². The molecular formula is C12H15NO4. The van der Waals surface area contributed by atoms with Crippen molar-refractivity contribution in [1.82, 2.24) is 5.32 Å². The quantitative estimate of drug-likeness (QED) is 0.726. The average molecular weight is 237 g/mol. The smallest absolute Gasteiger partial charge is 0.328 e. The first-order valence-corrected chi connectivity index (χ1v) is 5.13. The van der Waals surface area contributed by atoms with Crippen LogP contribution in [0.1, 0.15) is 19.4 Å². The fourth-order valence-electron chi connectivity index (χ4n) is 1.25. The summed E-state index contributed by atoms with van der Waals surface area (Å²) < 4.78 is 0. The number of carboxylic acids is 1. The van der Waals surface area contributed by atoms with Crippen molar-refractivity contribution < 1.29 is 19.8 Å². The van der Waals surface area contributed by atoms with Crippen LogP contribution < -0.4 is 5.32 Å². The Balaban J connectivity index is 2.62. The SMILES string of the molecule is CC(C)(NC(=O)Cc1ccc(O)cc1)C(=O)O. The van der Waals surface area contributed by atoms with Gasteiger partial charge in [-0.3, -0.25) is 4.79 Å². The average Bonchev–Trinajstić information content (AvgIpc) is 2.20. The number of phenols is 1. The van der Waals surface area contributed by atoms with Gasteiger partial charge in [-0.05, 0) is 31.5 Å². The van der Waals surface area contributed by atoms with E-state index in [9.17, 15) is 9.59 Å². The van der Waals surface area contributed by atoms with Crippen molar-refractivity contribution in [2.75, 3.05) is 0 Å². The summed E-state index contributed by atoms with van der Waals surface area (Å²) in [5.41, 5.74) is -0.574. The van der Waals surface area contributed by atoms with E-state index in [0.29, 0.717) is 5.56 Å². The highest BCUT2D eigenvalue weighted by Crippen LogP contribution is 2.10. The number of amides is 1. The van der Waals surface area contributed by atoms with E-state index in [1.165, 1.54) is 26.0 Å². The van der Waals surface area contributed by atoms with Gasteiger partial charge in [-0.25, -0.2) is 4.79 Å². The van der Waals surface area contributed by atoms with Gasteiger partial charge in [0, 0.05) is 0 Å². The van der Waals surface area contributed by atoms with Gasteiger partial charge in [0.05, 0.1) is 6.42 Å². The van der Waals surface area contributed by atoms with Crippen molar-refractivity contribution in [3.8, 4) is 5.75 Å². The van der Waals surface area contributed by atoms with Crippen LogP contribution in [0, 0.1) is 0 Å². The summed E-state index contributed by atoms with van der Waals surface area (Å²) in [6.07, 6.45) is 0.0803. The normalized spacial score (nSPS) is 10.9. The van der Waals surface area contributed by atoms with E-state index in [-0.39, 0.29) is 18.1 Å². The molecule has 0 radical (unpaired) electrons. The molecule has 0 aliphatic carbocycles. The predicted octanol–water partition coefficient (Wildman–Crippen LogP) is 0.914. The molecule has 0 spiro atoms. The minimum atomic E-state index is -1.28. The van der Waals surface area contributed by atoms with Crippen molar-refractivity contribution in [3.05, 3.63) is 29.8 Å². The molecule has 0 aromatic heterocycles. The largest absolute Gasteiger partial charge is 0.508 e. The molecule has 1 aromatic carbocycles. The summed E-state index contributed by atoms with van der Waals surface area (Å²) in [6.45, 7) is 2.84. The van der Waals surface area contributed by atoms with E-state index in [1.807, 2.05) is 0 Å². The number of nitrogens with one attached hydrogen (secondary N) is 1. The Hall–Kier alpha value is -2.04. The molecule has 0 aliphatic heterocycles. The maximum atomic E-state index is 11.6. The first kappa shape index (κ1) is 13.0. The van der Waals surface area contributed by atoms with Crippen LogP contribution in [0.5, 0.6) is 5.75 Å². The second kappa shape index (κ2) is 4.86. The lowest BCUT2D eigenvalue weighted by Gasteiger charge is -2.20. The van der Waals surface area contributed by atoms with Crippen molar-refractivity contribution in [1.29, 1.82) is 0 Å². The molecule has 0 atom stereocenters. The lowest BCUT2D eigenvalue weighted by Crippen LogP contribution is -2.50. The molecule has 0 heterocycles. The lowest BCUT2D eigenvalue weighted by molar-refractivity contribution is -0.145. The number of carboxylic acid groups (broad SMARTS) is 1. The zero-order chi connectivity index (χ0) is 13.1. The highest BCUT2D eigenvalue weighted by molar-refractivity contribution is 5.87. The van der Waals surface area contributed by atoms with Gasteiger partial charge in [0.1, 0.15) is 11.3 Å². The number of aromatic hydroxyl groups is 1. The van der Waals surface area contributed by atoms with Crippen LogP contribution in [0.2, 0.25) is 0 Å². The van der Waals surface area contributed by atoms with Crippen LogP contribution in [0.15, 0.2) is 24.3 Å². The number of benzene rings is 1. The molecule has 92 valence electrons. The molecule has 1 amide bonds. The Morgan fingerprint density at radius 3 is 2.24 bits per heavy atom. The van der Waals surface area contributed by atoms with Crippen molar-refractivity contribution >= 4 is 11.9 Å². The highest BCUT2D eigenvalue weighted by atomic mass is 16.4. The zero-order valence-electron chi connectivity index (χ0n) is 9.73. The van der Waals surface area contributed by atoms with Gasteiger partial charge in [0.15, 0.2) is 0 Å². The summed E-state index contributed by atoms with van der Waals surface area (Å²) in [5, 5.41) is 20.3. The molecule has 1 rings (SSSR count). The number of carbonyl (C=O) groups excluding carboxylic acids is 1. The number of carbonyl (C=O) groups is 2. The van der Waals surface area contributed by atoms with E-state index >= 15 is 0 Å². The zero-order valence-corrected chi connectivity index (χ0v) is 9.73. The van der Waals surface area contributed by atoms with E-state index in [1.54, 1.807) is 12.1 Å². The Labute approximate surface area is 99.1 Å². The predicted molar refractivity (Wildman–Crippen MR) is 61.7 cm³/mol. The van der Waals surface area contributed by atoms with E-state index in [0.717, 1.165) is 0 Å². The van der Waals surface area contributed by atoms with Gasteiger partial charge in [0.25, 0.3) is 0 Å². The molecule has 3 N–H and O–H groups in total. The van der Waals surface area contributed by atoms with E-state index < -0.39 is 11.5 Å². The van der Waals surface area contributed by atoms with Crippen molar-refractivity contribution in [2.24, 2.45) is 0 Å². The Morgan fingerprint density at radius 2 is 1.76 bits per heavy atom. The van der Waals surface area contributed by atoms with Gasteiger partial charge >= 0.3 is 5.97 Å². The molecule has 0 fully saturated rings. The molecule has 5 nitrogen and oxygen atoms in total. The van der Waals surface area contributed by atoms with Crippen molar-refractivity contribution in [3.63, 3.8) is 0 Å². The maximum absolute atomic E-state index is 11.6. The van der Waals surface area contributed by atoms with Crippen LogP contribution in [-0.2, 0) is 16.0 Å². The van der Waals surface area contributed by atoms with Gasteiger partial charge in [-0.15, -0.1) is 0 Å². The summed E-state index contributed by atoms with van der Waals surface area (Å²) >= 11 is 0. The maximum Gasteiger partial charge on any atom is 0.328 e. The third kappa shape index (κ3) is 3.79. The molecule has 0 saturated carbocycles. The fraction of sp³-hybridized carbons (Fsp3) is 0.333. The van der Waals surface area contributed by atoms with Crippen molar-refractivity contribution in [2.45, 2.75) is 25.8 Å². The highest BCUT2D eigenvalue weighted by Gasteiger charge is 2.28. The van der Waals surface area contributed by atoms with E-state index in [4.69, 9.17) is 10.2 Å². The third-order valence-electron chi connectivity index (χ3n) is 2.29. The second-order valence-electron chi connectivity index (χ2n) is 4.32. The van der Waals surface area contributed by atoms with E-state index in [2.05, 4.69) is 5.32 Å². The summed E-state index contributed by atoms with van der Waals surface area (Å²) in [4.78, 5) is 22.4. The topological polar surface area (TPSA) is 86.6 Å². The monoisotopic (exact) mass is 237 g/mol.